The molecule has 0 aromatic heterocycles. The standard InChI is InChI=1S/C16H25NO2S/c1-15(2,3)19-14(18)16(17,10-11-20-4)12-13-8-6-5-7-9-13/h5-9H,10-12,17H2,1-4H3/t16-/m0/s1. The Morgan fingerprint density at radius 3 is 2.35 bits per heavy atom. The summed E-state index contributed by atoms with van der Waals surface area (Å²) in [6.07, 6.45) is 3.12. The summed E-state index contributed by atoms with van der Waals surface area (Å²) in [7, 11) is 0. The number of benzene rings is 1. The zero-order valence-corrected chi connectivity index (χ0v) is 13.6. The lowest BCUT2D eigenvalue weighted by Crippen LogP contribution is -2.53. The minimum atomic E-state index is -0.961. The molecule has 3 nitrogen and oxygen atoms in total. The molecule has 0 bridgehead atoms. The molecule has 0 unspecified atom stereocenters. The molecule has 0 saturated heterocycles. The third kappa shape index (κ3) is 5.55. The predicted octanol–water partition coefficient (Wildman–Crippen LogP) is 3.02. The maximum absolute atomic E-state index is 12.4. The van der Waals surface area contributed by atoms with E-state index in [-0.39, 0.29) is 5.97 Å². The van der Waals surface area contributed by atoms with Crippen LogP contribution in [0, 0.1) is 0 Å². The summed E-state index contributed by atoms with van der Waals surface area (Å²) < 4.78 is 5.50. The van der Waals surface area contributed by atoms with Crippen LogP contribution in [-0.2, 0) is 16.0 Å². The summed E-state index contributed by atoms with van der Waals surface area (Å²) >= 11 is 1.69. The summed E-state index contributed by atoms with van der Waals surface area (Å²) in [6.45, 7) is 5.59. The molecule has 112 valence electrons. The first-order valence-corrected chi connectivity index (χ1v) is 8.21. The lowest BCUT2D eigenvalue weighted by atomic mass is 9.89. The zero-order valence-electron chi connectivity index (χ0n) is 12.8. The highest BCUT2D eigenvalue weighted by atomic mass is 32.2. The van der Waals surface area contributed by atoms with Crippen LogP contribution in [-0.4, -0.2) is 29.1 Å². The number of thioether (sulfide) groups is 1. The molecule has 0 aliphatic rings. The predicted molar refractivity (Wildman–Crippen MR) is 85.9 cm³/mol. The Balaban J connectivity index is 2.88. The largest absolute Gasteiger partial charge is 0.459 e. The van der Waals surface area contributed by atoms with Gasteiger partial charge in [0.15, 0.2) is 0 Å². The normalized spacial score (nSPS) is 14.7. The number of ether oxygens (including phenoxy) is 1. The quantitative estimate of drug-likeness (QED) is 0.820. The van der Waals surface area contributed by atoms with Gasteiger partial charge in [-0.3, -0.25) is 4.79 Å². The first-order valence-electron chi connectivity index (χ1n) is 6.82. The van der Waals surface area contributed by atoms with Gasteiger partial charge >= 0.3 is 5.97 Å². The maximum Gasteiger partial charge on any atom is 0.327 e. The van der Waals surface area contributed by atoms with E-state index in [1.165, 1.54) is 0 Å². The summed E-state index contributed by atoms with van der Waals surface area (Å²) in [5.74, 6) is 0.519. The molecule has 0 fully saturated rings. The van der Waals surface area contributed by atoms with Crippen molar-refractivity contribution in [1.29, 1.82) is 0 Å². The van der Waals surface area contributed by atoms with Crippen LogP contribution in [0.5, 0.6) is 0 Å². The van der Waals surface area contributed by atoms with Crippen molar-refractivity contribution in [3.05, 3.63) is 35.9 Å². The second-order valence-corrected chi connectivity index (χ2v) is 7.05. The fourth-order valence-electron chi connectivity index (χ4n) is 1.89. The van der Waals surface area contributed by atoms with Crippen LogP contribution in [0.1, 0.15) is 32.8 Å². The minimum Gasteiger partial charge on any atom is -0.459 e. The topological polar surface area (TPSA) is 52.3 Å². The molecule has 0 aliphatic heterocycles. The van der Waals surface area contributed by atoms with Crippen molar-refractivity contribution in [2.24, 2.45) is 5.73 Å². The lowest BCUT2D eigenvalue weighted by Gasteiger charge is -2.31. The van der Waals surface area contributed by atoms with Gasteiger partial charge in [0.05, 0.1) is 0 Å². The molecule has 0 heterocycles. The Kier molecular flexibility index (Phi) is 6.08. The molecule has 0 aliphatic carbocycles. The number of hydrogen-bond donors (Lipinski definition) is 1. The Hall–Kier alpha value is -1.00. The molecule has 0 amide bonds. The van der Waals surface area contributed by atoms with Crippen molar-refractivity contribution in [1.82, 2.24) is 0 Å². The monoisotopic (exact) mass is 295 g/mol. The molecule has 2 N–H and O–H groups in total. The van der Waals surface area contributed by atoms with Gasteiger partial charge < -0.3 is 10.5 Å². The molecule has 1 rings (SSSR count). The van der Waals surface area contributed by atoms with Crippen molar-refractivity contribution in [3.63, 3.8) is 0 Å². The fourth-order valence-corrected chi connectivity index (χ4v) is 2.46. The molecule has 0 spiro atoms. The molecule has 0 radical (unpaired) electrons. The van der Waals surface area contributed by atoms with Crippen molar-refractivity contribution in [3.8, 4) is 0 Å². The molecular weight excluding hydrogens is 270 g/mol. The van der Waals surface area contributed by atoms with Crippen LogP contribution in [0.3, 0.4) is 0 Å². The average molecular weight is 295 g/mol. The van der Waals surface area contributed by atoms with Gasteiger partial charge in [0.2, 0.25) is 0 Å². The zero-order chi connectivity index (χ0) is 15.2. The second-order valence-electron chi connectivity index (χ2n) is 6.06. The number of nitrogens with two attached hydrogens (primary N) is 1. The van der Waals surface area contributed by atoms with E-state index in [4.69, 9.17) is 10.5 Å². The number of hydrogen-bond acceptors (Lipinski definition) is 4. The van der Waals surface area contributed by atoms with E-state index in [1.807, 2.05) is 57.4 Å². The maximum atomic E-state index is 12.4. The van der Waals surface area contributed by atoms with Crippen LogP contribution < -0.4 is 5.73 Å². The smallest absolute Gasteiger partial charge is 0.327 e. The molecule has 0 saturated carbocycles. The van der Waals surface area contributed by atoms with Crippen LogP contribution >= 0.6 is 11.8 Å². The van der Waals surface area contributed by atoms with Crippen LogP contribution in [0.2, 0.25) is 0 Å². The molecule has 1 aromatic rings. The van der Waals surface area contributed by atoms with E-state index in [0.29, 0.717) is 12.8 Å². The number of esters is 1. The molecule has 1 aromatic carbocycles. The van der Waals surface area contributed by atoms with Gasteiger partial charge in [0.25, 0.3) is 0 Å². The average Bonchev–Trinajstić information content (AvgIpc) is 2.35. The van der Waals surface area contributed by atoms with Crippen LogP contribution in [0.25, 0.3) is 0 Å². The van der Waals surface area contributed by atoms with E-state index in [1.54, 1.807) is 11.8 Å². The minimum absolute atomic E-state index is 0.317. The number of rotatable bonds is 6. The Bertz CT molecular complexity index is 428. The van der Waals surface area contributed by atoms with E-state index in [2.05, 4.69) is 0 Å². The molecule has 1 atom stereocenters. The van der Waals surface area contributed by atoms with E-state index in [9.17, 15) is 4.79 Å². The summed E-state index contributed by atoms with van der Waals surface area (Å²) in [5, 5.41) is 0. The van der Waals surface area contributed by atoms with Gasteiger partial charge in [0, 0.05) is 6.42 Å². The van der Waals surface area contributed by atoms with Crippen LogP contribution in [0.4, 0.5) is 0 Å². The van der Waals surface area contributed by atoms with Gasteiger partial charge in [-0.05, 0) is 44.8 Å². The fraction of sp³-hybridized carbons (Fsp3) is 0.562. The molecule has 20 heavy (non-hydrogen) atoms. The highest BCUT2D eigenvalue weighted by Gasteiger charge is 2.37. The van der Waals surface area contributed by atoms with E-state index < -0.39 is 11.1 Å². The van der Waals surface area contributed by atoms with Gasteiger partial charge in [-0.15, -0.1) is 0 Å². The van der Waals surface area contributed by atoms with E-state index >= 15 is 0 Å². The Morgan fingerprint density at radius 2 is 1.85 bits per heavy atom. The lowest BCUT2D eigenvalue weighted by molar-refractivity contribution is -0.161. The van der Waals surface area contributed by atoms with Crippen molar-refractivity contribution in [2.75, 3.05) is 12.0 Å². The summed E-state index contributed by atoms with van der Waals surface area (Å²) in [5.41, 5.74) is 5.96. The van der Waals surface area contributed by atoms with Gasteiger partial charge in [0.1, 0.15) is 11.1 Å². The van der Waals surface area contributed by atoms with Crippen molar-refractivity contribution >= 4 is 17.7 Å². The summed E-state index contributed by atoms with van der Waals surface area (Å²) in [4.78, 5) is 12.4. The number of carbonyl (C=O) groups is 1. The van der Waals surface area contributed by atoms with Gasteiger partial charge in [-0.25, -0.2) is 0 Å². The Morgan fingerprint density at radius 1 is 1.25 bits per heavy atom. The molecule has 4 heteroatoms. The van der Waals surface area contributed by atoms with E-state index in [0.717, 1.165) is 11.3 Å². The van der Waals surface area contributed by atoms with Gasteiger partial charge in [-0.2, -0.15) is 11.8 Å². The number of carbonyl (C=O) groups excluding carboxylic acids is 1. The Labute approximate surface area is 126 Å². The SMILES string of the molecule is CSCC[C@](N)(Cc1ccccc1)C(=O)OC(C)(C)C. The first kappa shape index (κ1) is 17.1. The summed E-state index contributed by atoms with van der Waals surface area (Å²) in [6, 6.07) is 9.85. The van der Waals surface area contributed by atoms with Crippen LogP contribution in [0.15, 0.2) is 30.3 Å². The molecular formula is C16H25NO2S. The van der Waals surface area contributed by atoms with Gasteiger partial charge in [-0.1, -0.05) is 30.3 Å². The van der Waals surface area contributed by atoms with Crippen molar-refractivity contribution < 1.29 is 9.53 Å². The third-order valence-electron chi connectivity index (χ3n) is 2.92. The third-order valence-corrected chi connectivity index (χ3v) is 3.53. The highest BCUT2D eigenvalue weighted by Crippen LogP contribution is 2.22. The highest BCUT2D eigenvalue weighted by molar-refractivity contribution is 7.98. The van der Waals surface area contributed by atoms with Crippen molar-refractivity contribution in [2.45, 2.75) is 44.8 Å². The first-order chi connectivity index (χ1) is 9.27. The second kappa shape index (κ2) is 7.14.